The van der Waals surface area contributed by atoms with Crippen LogP contribution in [0.4, 0.5) is 0 Å². The van der Waals surface area contributed by atoms with Crippen molar-refractivity contribution in [2.75, 3.05) is 6.61 Å². The van der Waals surface area contributed by atoms with Crippen LogP contribution in [-0.2, 0) is 25.5 Å². The summed E-state index contributed by atoms with van der Waals surface area (Å²) < 4.78 is 5.07. The first-order valence-electron chi connectivity index (χ1n) is 10.2. The van der Waals surface area contributed by atoms with Gasteiger partial charge in [-0.25, -0.2) is 0 Å². The molecule has 0 spiro atoms. The van der Waals surface area contributed by atoms with Gasteiger partial charge in [-0.05, 0) is 36.5 Å². The maximum absolute atomic E-state index is 12.2. The summed E-state index contributed by atoms with van der Waals surface area (Å²) in [5, 5.41) is 11.7. The van der Waals surface area contributed by atoms with Crippen LogP contribution in [0.15, 0.2) is 54.6 Å². The topological polar surface area (TPSA) is 128 Å². The minimum Gasteiger partial charge on any atom is -1.00 e. The van der Waals surface area contributed by atoms with Gasteiger partial charge in [0.05, 0.1) is 18.9 Å². The number of rotatable bonds is 11. The standard InChI is InChI=1S/C24H29NO5.K.H3N.H/c1-3-30-24(29)17(2)15-21(25-22(26)13-14-23(27)28)16-18-9-11-20(12-10-18)19-7-5-4-6-8-19;;;/h4-12,17,21H,3,13-16H2,1-2H3,(H,25,26)(H,27,28);;1H3;/q;+1;;-1/t17-,21+;;;/m1.../s1. The Morgan fingerprint density at radius 2 is 1.59 bits per heavy atom. The number of nitrogens with one attached hydrogen (secondary N) is 1. The molecule has 8 heteroatoms. The van der Waals surface area contributed by atoms with Crippen LogP contribution in [0.25, 0.3) is 11.1 Å². The van der Waals surface area contributed by atoms with Gasteiger partial charge in [0, 0.05) is 12.5 Å². The number of esters is 1. The van der Waals surface area contributed by atoms with Crippen LogP contribution in [0.2, 0.25) is 0 Å². The number of aliphatic carboxylic acids is 1. The molecule has 1 amide bonds. The van der Waals surface area contributed by atoms with E-state index in [2.05, 4.69) is 5.32 Å². The predicted octanol–water partition coefficient (Wildman–Crippen LogP) is 1.11. The van der Waals surface area contributed by atoms with Crippen LogP contribution < -0.4 is 62.9 Å². The first-order chi connectivity index (χ1) is 14.4. The molecule has 5 N–H and O–H groups in total. The van der Waals surface area contributed by atoms with Gasteiger partial charge in [-0.1, -0.05) is 61.5 Å². The number of hydrogen-bond acceptors (Lipinski definition) is 5. The molecule has 0 aliphatic rings. The fourth-order valence-corrected chi connectivity index (χ4v) is 3.27. The Morgan fingerprint density at radius 1 is 1.00 bits per heavy atom. The first-order valence-corrected chi connectivity index (χ1v) is 10.2. The van der Waals surface area contributed by atoms with E-state index in [9.17, 15) is 14.4 Å². The SMILES string of the molecule is CCOC(=O)[C@H](C)C[C@@H](Cc1ccc(-c2ccccc2)cc1)NC(=O)CCC(=O)O.N.[H-].[K+]. The third kappa shape index (κ3) is 10.8. The average Bonchev–Trinajstić information content (AvgIpc) is 2.73. The Morgan fingerprint density at radius 3 is 2.16 bits per heavy atom. The molecule has 2 atom stereocenters. The van der Waals surface area contributed by atoms with E-state index in [1.807, 2.05) is 54.6 Å². The van der Waals surface area contributed by atoms with Gasteiger partial charge in [0.1, 0.15) is 0 Å². The Bertz CT molecular complexity index is 850. The first kappa shape index (κ1) is 30.4. The Hall–Kier alpha value is -1.55. The maximum Gasteiger partial charge on any atom is 1.00 e. The minimum absolute atomic E-state index is 0. The summed E-state index contributed by atoms with van der Waals surface area (Å²) in [5.41, 5.74) is 3.24. The van der Waals surface area contributed by atoms with Gasteiger partial charge in [-0.2, -0.15) is 0 Å². The van der Waals surface area contributed by atoms with Crippen molar-refractivity contribution in [1.29, 1.82) is 0 Å². The molecular weight excluding hydrogens is 435 g/mol. The van der Waals surface area contributed by atoms with Crippen molar-refractivity contribution in [1.82, 2.24) is 11.5 Å². The van der Waals surface area contributed by atoms with Gasteiger partial charge in [0.25, 0.3) is 0 Å². The quantitative estimate of drug-likeness (QED) is 0.335. The molecule has 0 aliphatic heterocycles. The minimum atomic E-state index is -1.02. The zero-order chi connectivity index (χ0) is 21.9. The smallest absolute Gasteiger partial charge is 1.00 e. The van der Waals surface area contributed by atoms with Crippen LogP contribution in [0.5, 0.6) is 0 Å². The van der Waals surface area contributed by atoms with E-state index in [-0.39, 0.29) is 95.6 Å². The third-order valence-electron chi connectivity index (χ3n) is 4.80. The molecule has 0 saturated carbocycles. The van der Waals surface area contributed by atoms with Crippen LogP contribution in [0.3, 0.4) is 0 Å². The fourth-order valence-electron chi connectivity index (χ4n) is 3.27. The number of carboxylic acid groups (broad SMARTS) is 1. The summed E-state index contributed by atoms with van der Waals surface area (Å²) >= 11 is 0. The zero-order valence-corrected chi connectivity index (χ0v) is 22.3. The van der Waals surface area contributed by atoms with Crippen LogP contribution in [-0.4, -0.2) is 35.6 Å². The molecule has 0 fully saturated rings. The van der Waals surface area contributed by atoms with Gasteiger partial charge in [0.2, 0.25) is 5.91 Å². The molecule has 0 saturated heterocycles. The molecule has 0 radical (unpaired) electrons. The number of hydrogen-bond donors (Lipinski definition) is 3. The van der Waals surface area contributed by atoms with E-state index in [1.165, 1.54) is 0 Å². The summed E-state index contributed by atoms with van der Waals surface area (Å²) in [6.07, 6.45) is 0.639. The van der Waals surface area contributed by atoms with Crippen LogP contribution in [0.1, 0.15) is 40.1 Å². The molecule has 0 heterocycles. The van der Waals surface area contributed by atoms with Crippen molar-refractivity contribution in [3.8, 4) is 11.1 Å². The molecular formula is C24H33KN2O5. The second kappa shape index (κ2) is 16.1. The monoisotopic (exact) mass is 468 g/mol. The van der Waals surface area contributed by atoms with E-state index in [4.69, 9.17) is 9.84 Å². The average molecular weight is 469 g/mol. The van der Waals surface area contributed by atoms with E-state index < -0.39 is 5.97 Å². The van der Waals surface area contributed by atoms with Crippen LogP contribution >= 0.6 is 0 Å². The molecule has 2 aromatic rings. The number of benzene rings is 2. The number of carboxylic acids is 1. The Labute approximate surface area is 233 Å². The largest absolute Gasteiger partial charge is 1.00 e. The van der Waals surface area contributed by atoms with Crippen molar-refractivity contribution >= 4 is 17.8 Å². The van der Waals surface area contributed by atoms with Gasteiger partial charge in [-0.15, -0.1) is 0 Å². The van der Waals surface area contributed by atoms with Gasteiger partial charge in [0.15, 0.2) is 0 Å². The van der Waals surface area contributed by atoms with Crippen molar-refractivity contribution in [2.45, 2.75) is 45.6 Å². The summed E-state index contributed by atoms with van der Waals surface area (Å²) in [6, 6.07) is 17.8. The predicted molar refractivity (Wildman–Crippen MR) is 121 cm³/mol. The Kier molecular flexibility index (Phi) is 15.3. The summed E-state index contributed by atoms with van der Waals surface area (Å²) in [7, 11) is 0. The fraction of sp³-hybridized carbons (Fsp3) is 0.375. The van der Waals surface area contributed by atoms with E-state index in [0.717, 1.165) is 16.7 Å². The molecule has 0 bridgehead atoms. The summed E-state index contributed by atoms with van der Waals surface area (Å²) in [6.45, 7) is 3.83. The maximum atomic E-state index is 12.2. The molecule has 2 rings (SSSR count). The molecule has 7 nitrogen and oxygen atoms in total. The molecule has 0 aromatic heterocycles. The number of ether oxygens (including phenoxy) is 1. The van der Waals surface area contributed by atoms with Crippen LogP contribution in [0, 0.1) is 5.92 Å². The number of carbonyl (C=O) groups excluding carboxylic acids is 2. The third-order valence-corrected chi connectivity index (χ3v) is 4.80. The van der Waals surface area contributed by atoms with E-state index in [1.54, 1.807) is 13.8 Å². The molecule has 0 unspecified atom stereocenters. The second-order valence-corrected chi connectivity index (χ2v) is 7.31. The van der Waals surface area contributed by atoms with Crippen molar-refractivity contribution in [3.63, 3.8) is 0 Å². The summed E-state index contributed by atoms with van der Waals surface area (Å²) in [4.78, 5) is 34.9. The van der Waals surface area contributed by atoms with Gasteiger partial charge in [-0.3, -0.25) is 14.4 Å². The molecule has 0 aliphatic carbocycles. The van der Waals surface area contributed by atoms with E-state index >= 15 is 0 Å². The van der Waals surface area contributed by atoms with Crippen molar-refractivity contribution in [3.05, 3.63) is 60.2 Å². The molecule has 170 valence electrons. The normalized spacial score (nSPS) is 11.8. The van der Waals surface area contributed by atoms with Crippen molar-refractivity contribution < 1.29 is 77.0 Å². The second-order valence-electron chi connectivity index (χ2n) is 7.31. The summed E-state index contributed by atoms with van der Waals surface area (Å²) in [5.74, 6) is -2.03. The number of carbonyl (C=O) groups is 3. The van der Waals surface area contributed by atoms with Gasteiger partial charge >= 0.3 is 63.3 Å². The van der Waals surface area contributed by atoms with E-state index in [0.29, 0.717) is 19.4 Å². The van der Waals surface area contributed by atoms with Gasteiger partial charge < -0.3 is 22.7 Å². The Balaban J connectivity index is 0. The molecule has 32 heavy (non-hydrogen) atoms. The molecule has 2 aromatic carbocycles. The number of amides is 1. The van der Waals surface area contributed by atoms with Crippen molar-refractivity contribution in [2.24, 2.45) is 5.92 Å². The zero-order valence-electron chi connectivity index (χ0n) is 20.2.